The van der Waals surface area contributed by atoms with E-state index < -0.39 is 27.6 Å². The fourth-order valence-corrected chi connectivity index (χ4v) is 9.08. The molecule has 3 rings (SSSR count). The SMILES string of the molecule is F[Si]1(F)C2C=CC(CC2)[Si]1(F)F. The Hall–Kier alpha value is -0.106. The Morgan fingerprint density at radius 1 is 0.833 bits per heavy atom. The van der Waals surface area contributed by atoms with Gasteiger partial charge in [-0.05, 0) is 12.8 Å². The summed E-state index contributed by atoms with van der Waals surface area (Å²) in [6.45, 7) is 0. The molecule has 3 aliphatic rings. The summed E-state index contributed by atoms with van der Waals surface area (Å²) in [6, 6.07) is 0. The summed E-state index contributed by atoms with van der Waals surface area (Å²) in [5, 5.41) is 0. The number of allylic oxidation sites excluding steroid dienone is 2. The van der Waals surface area contributed by atoms with Crippen molar-refractivity contribution in [1.82, 2.24) is 0 Å². The van der Waals surface area contributed by atoms with E-state index in [1.54, 1.807) is 0 Å². The average molecular weight is 212 g/mol. The third-order valence-electron chi connectivity index (χ3n) is 2.74. The van der Waals surface area contributed by atoms with Crippen LogP contribution in [0.25, 0.3) is 0 Å². The molecule has 0 aromatic rings. The van der Waals surface area contributed by atoms with E-state index in [9.17, 15) is 16.4 Å². The fourth-order valence-electron chi connectivity index (χ4n) is 1.92. The van der Waals surface area contributed by atoms with Gasteiger partial charge in [-0.15, -0.1) is 0 Å². The molecule has 12 heavy (non-hydrogen) atoms. The first-order valence-electron chi connectivity index (χ1n) is 3.90. The summed E-state index contributed by atoms with van der Waals surface area (Å²) in [6.07, 6.45) is 3.21. The molecule has 2 heterocycles. The van der Waals surface area contributed by atoms with Crippen LogP contribution in [0.3, 0.4) is 0 Å². The van der Waals surface area contributed by atoms with Crippen molar-refractivity contribution in [2.75, 3.05) is 0 Å². The van der Waals surface area contributed by atoms with Crippen molar-refractivity contribution in [3.8, 4) is 0 Å². The molecule has 2 aliphatic heterocycles. The molecule has 0 aromatic carbocycles. The van der Waals surface area contributed by atoms with E-state index in [0.717, 1.165) is 0 Å². The maximum absolute atomic E-state index is 13.1. The van der Waals surface area contributed by atoms with Gasteiger partial charge in [-0.25, -0.2) is 0 Å². The van der Waals surface area contributed by atoms with E-state index in [1.807, 2.05) is 0 Å². The highest BCUT2D eigenvalue weighted by Crippen LogP contribution is 2.55. The summed E-state index contributed by atoms with van der Waals surface area (Å²) in [7, 11) is -10.4. The molecule has 2 atom stereocenters. The Kier molecular flexibility index (Phi) is 1.57. The third kappa shape index (κ3) is 0.820. The maximum Gasteiger partial charge on any atom is 0.483 e. The minimum absolute atomic E-state index is 0.281. The quantitative estimate of drug-likeness (QED) is 0.251. The zero-order valence-corrected chi connectivity index (χ0v) is 8.24. The van der Waals surface area contributed by atoms with Crippen LogP contribution in [0.1, 0.15) is 12.8 Å². The minimum atomic E-state index is -5.18. The third-order valence-corrected chi connectivity index (χ3v) is 11.3. The molecule has 2 unspecified atom stereocenters. The summed E-state index contributed by atoms with van der Waals surface area (Å²) in [5.41, 5.74) is -2.10. The normalized spacial score (nSPS) is 41.7. The lowest BCUT2D eigenvalue weighted by Crippen LogP contribution is -2.61. The molecular formula is C6H8F4Si2. The predicted octanol–water partition coefficient (Wildman–Crippen LogP) is 2.93. The van der Waals surface area contributed by atoms with Crippen LogP contribution in [-0.2, 0) is 0 Å². The molecule has 0 aromatic heterocycles. The van der Waals surface area contributed by atoms with Crippen LogP contribution >= 0.6 is 0 Å². The van der Waals surface area contributed by atoms with Gasteiger partial charge >= 0.3 is 16.5 Å². The predicted molar refractivity (Wildman–Crippen MR) is 41.8 cm³/mol. The van der Waals surface area contributed by atoms with Gasteiger partial charge in [0.25, 0.3) is 0 Å². The summed E-state index contributed by atoms with van der Waals surface area (Å²) < 4.78 is 52.3. The number of halogens is 4. The highest BCUT2D eigenvalue weighted by Gasteiger charge is 2.75. The second-order valence-electron chi connectivity index (χ2n) is 3.42. The van der Waals surface area contributed by atoms with Gasteiger partial charge in [0.2, 0.25) is 0 Å². The van der Waals surface area contributed by atoms with Crippen molar-refractivity contribution in [3.63, 3.8) is 0 Å². The van der Waals surface area contributed by atoms with Crippen LogP contribution in [0.5, 0.6) is 0 Å². The largest absolute Gasteiger partial charge is 0.483 e. The first-order chi connectivity index (χ1) is 5.46. The second kappa shape index (κ2) is 2.22. The molecule has 0 N–H and O–H groups in total. The summed E-state index contributed by atoms with van der Waals surface area (Å²) in [5.74, 6) is 0. The first-order valence-corrected chi connectivity index (χ1v) is 8.57. The van der Waals surface area contributed by atoms with E-state index in [0.29, 0.717) is 0 Å². The molecule has 68 valence electrons. The van der Waals surface area contributed by atoms with Gasteiger partial charge in [0.1, 0.15) is 0 Å². The van der Waals surface area contributed by atoms with Gasteiger partial charge in [0.15, 0.2) is 0 Å². The molecule has 0 nitrogen and oxygen atoms in total. The molecule has 1 saturated heterocycles. The lowest BCUT2D eigenvalue weighted by molar-refractivity contribution is 0.464. The Bertz CT molecular complexity index is 214. The second-order valence-corrected chi connectivity index (χ2v) is 11.4. The molecule has 0 saturated carbocycles. The van der Waals surface area contributed by atoms with Crippen molar-refractivity contribution < 1.29 is 16.4 Å². The first kappa shape index (κ1) is 8.49. The lowest BCUT2D eigenvalue weighted by Gasteiger charge is -2.39. The molecule has 1 fully saturated rings. The van der Waals surface area contributed by atoms with E-state index in [1.165, 1.54) is 12.2 Å². The Morgan fingerprint density at radius 2 is 1.17 bits per heavy atom. The van der Waals surface area contributed by atoms with Crippen LogP contribution < -0.4 is 0 Å². The van der Waals surface area contributed by atoms with Gasteiger partial charge < -0.3 is 0 Å². The van der Waals surface area contributed by atoms with Gasteiger partial charge in [-0.1, -0.05) is 12.2 Å². The fraction of sp³-hybridized carbons (Fsp3) is 0.667. The molecule has 1 aliphatic carbocycles. The highest BCUT2D eigenvalue weighted by atomic mass is 29.3. The van der Waals surface area contributed by atoms with Crippen molar-refractivity contribution in [3.05, 3.63) is 12.2 Å². The van der Waals surface area contributed by atoms with Crippen LogP contribution in [0.15, 0.2) is 12.2 Å². The molecule has 0 amide bonds. The zero-order chi connectivity index (χ0) is 8.98. The monoisotopic (exact) mass is 212 g/mol. The number of hydrogen-bond acceptors (Lipinski definition) is 0. The van der Waals surface area contributed by atoms with Crippen LogP contribution in [-0.4, -0.2) is 16.5 Å². The van der Waals surface area contributed by atoms with E-state index in [4.69, 9.17) is 0 Å². The van der Waals surface area contributed by atoms with Crippen LogP contribution in [0, 0.1) is 0 Å². The topological polar surface area (TPSA) is 0 Å². The van der Waals surface area contributed by atoms with E-state index in [2.05, 4.69) is 0 Å². The van der Waals surface area contributed by atoms with Crippen LogP contribution in [0.2, 0.25) is 11.1 Å². The van der Waals surface area contributed by atoms with Gasteiger partial charge in [-0.3, -0.25) is 16.4 Å². The van der Waals surface area contributed by atoms with Crippen molar-refractivity contribution in [1.29, 1.82) is 0 Å². The average Bonchev–Trinajstić information content (AvgIpc) is 2.02. The van der Waals surface area contributed by atoms with Crippen molar-refractivity contribution >= 4 is 16.5 Å². The zero-order valence-electron chi connectivity index (χ0n) is 6.24. The molecule has 2 bridgehead atoms. The smallest absolute Gasteiger partial charge is 0.267 e. The molecule has 0 spiro atoms. The van der Waals surface area contributed by atoms with Gasteiger partial charge in [0, 0.05) is 11.1 Å². The summed E-state index contributed by atoms with van der Waals surface area (Å²) in [4.78, 5) is 0. The summed E-state index contributed by atoms with van der Waals surface area (Å²) >= 11 is 0. The number of rotatable bonds is 0. The minimum Gasteiger partial charge on any atom is -0.267 e. The van der Waals surface area contributed by atoms with E-state index in [-0.39, 0.29) is 12.8 Å². The number of fused-ring (bicyclic) bond motifs is 2. The number of hydrogen-bond donors (Lipinski definition) is 0. The molecule has 6 heteroatoms. The Morgan fingerprint density at radius 3 is 1.33 bits per heavy atom. The molecule has 0 radical (unpaired) electrons. The van der Waals surface area contributed by atoms with Crippen LogP contribution in [0.4, 0.5) is 16.4 Å². The Balaban J connectivity index is 2.44. The highest BCUT2D eigenvalue weighted by molar-refractivity contribution is 7.33. The van der Waals surface area contributed by atoms with Crippen molar-refractivity contribution in [2.45, 2.75) is 23.9 Å². The maximum atomic E-state index is 13.1. The Labute approximate surface area is 69.8 Å². The standard InChI is InChI=1S/C6H8F4Si2/c7-11(8)5-1-2-6(4-3-5)12(11,9)10/h1-2,5-6H,3-4H2. The van der Waals surface area contributed by atoms with E-state index >= 15 is 0 Å². The van der Waals surface area contributed by atoms with Crippen molar-refractivity contribution in [2.24, 2.45) is 0 Å². The lowest BCUT2D eigenvalue weighted by atomic mass is 10.1. The van der Waals surface area contributed by atoms with Gasteiger partial charge in [-0.2, -0.15) is 0 Å². The van der Waals surface area contributed by atoms with Gasteiger partial charge in [0.05, 0.1) is 0 Å². The molecular weight excluding hydrogens is 204 g/mol.